The smallest absolute Gasteiger partial charge is 0.162 e. The third-order valence-corrected chi connectivity index (χ3v) is 1.95. The van der Waals surface area contributed by atoms with Crippen molar-refractivity contribution in [2.24, 2.45) is 5.73 Å². The number of para-hydroxylation sites is 2. The van der Waals surface area contributed by atoms with E-state index in [1.54, 1.807) is 7.11 Å². The molecule has 3 nitrogen and oxygen atoms in total. The molecule has 0 aliphatic rings. The minimum Gasteiger partial charge on any atom is -0.493 e. The zero-order chi connectivity index (χ0) is 10.6. The first-order chi connectivity index (χ1) is 6.59. The summed E-state index contributed by atoms with van der Waals surface area (Å²) in [5.41, 5.74) is 5.21. The highest BCUT2D eigenvalue weighted by Crippen LogP contribution is 2.28. The molecule has 78 valence electrons. The fourth-order valence-electron chi connectivity index (χ4n) is 1.04. The number of hydrogen-bond acceptors (Lipinski definition) is 3. The van der Waals surface area contributed by atoms with E-state index in [9.17, 15) is 0 Å². The lowest BCUT2D eigenvalue weighted by atomic mass is 10.1. The van der Waals surface area contributed by atoms with Gasteiger partial charge in [-0.05, 0) is 26.0 Å². The van der Waals surface area contributed by atoms with E-state index >= 15 is 0 Å². The molecule has 0 atom stereocenters. The van der Waals surface area contributed by atoms with Crippen molar-refractivity contribution in [1.82, 2.24) is 0 Å². The van der Waals surface area contributed by atoms with Crippen LogP contribution in [-0.2, 0) is 0 Å². The van der Waals surface area contributed by atoms with Crippen LogP contribution in [0.4, 0.5) is 0 Å². The van der Waals surface area contributed by atoms with Crippen molar-refractivity contribution in [3.63, 3.8) is 0 Å². The number of ether oxygens (including phenoxy) is 2. The van der Waals surface area contributed by atoms with Gasteiger partial charge in [0.25, 0.3) is 0 Å². The van der Waals surface area contributed by atoms with E-state index in [4.69, 9.17) is 15.2 Å². The van der Waals surface area contributed by atoms with Gasteiger partial charge in [0.2, 0.25) is 0 Å². The number of hydrogen-bond donors (Lipinski definition) is 1. The fourth-order valence-corrected chi connectivity index (χ4v) is 1.04. The quantitative estimate of drug-likeness (QED) is 0.797. The predicted molar refractivity (Wildman–Crippen MR) is 56.8 cm³/mol. The summed E-state index contributed by atoms with van der Waals surface area (Å²) < 4.78 is 10.9. The van der Waals surface area contributed by atoms with Crippen molar-refractivity contribution < 1.29 is 9.47 Å². The van der Waals surface area contributed by atoms with Gasteiger partial charge in [-0.1, -0.05) is 12.1 Å². The van der Waals surface area contributed by atoms with Crippen molar-refractivity contribution >= 4 is 0 Å². The highest BCUT2D eigenvalue weighted by atomic mass is 16.5. The van der Waals surface area contributed by atoms with Gasteiger partial charge >= 0.3 is 0 Å². The highest BCUT2D eigenvalue weighted by Gasteiger charge is 2.18. The van der Waals surface area contributed by atoms with Gasteiger partial charge in [-0.3, -0.25) is 0 Å². The topological polar surface area (TPSA) is 44.5 Å². The molecule has 0 aliphatic heterocycles. The molecule has 0 amide bonds. The molecule has 0 bridgehead atoms. The molecule has 0 saturated heterocycles. The molecule has 1 aromatic rings. The minimum atomic E-state index is -0.366. The van der Waals surface area contributed by atoms with Crippen LogP contribution < -0.4 is 15.2 Å². The zero-order valence-electron chi connectivity index (χ0n) is 8.91. The Hall–Kier alpha value is -1.22. The molecular formula is C11H17NO2. The summed E-state index contributed by atoms with van der Waals surface area (Å²) in [5.74, 6) is 1.46. The molecule has 2 N–H and O–H groups in total. The summed E-state index contributed by atoms with van der Waals surface area (Å²) in [6, 6.07) is 7.55. The normalized spacial score (nSPS) is 11.1. The third-order valence-electron chi connectivity index (χ3n) is 1.95. The standard InChI is InChI=1S/C11H17NO2/c1-11(2,8-12)14-10-7-5-4-6-9(10)13-3/h4-7H,8,12H2,1-3H3. The van der Waals surface area contributed by atoms with Gasteiger partial charge in [0.1, 0.15) is 5.60 Å². The molecule has 0 fully saturated rings. The van der Waals surface area contributed by atoms with Crippen LogP contribution in [0.1, 0.15) is 13.8 Å². The molecule has 0 aromatic heterocycles. The van der Waals surface area contributed by atoms with Crippen LogP contribution in [0.25, 0.3) is 0 Å². The third kappa shape index (κ3) is 2.64. The van der Waals surface area contributed by atoms with Crippen LogP contribution in [0.5, 0.6) is 11.5 Å². The Morgan fingerprint density at radius 1 is 1.21 bits per heavy atom. The van der Waals surface area contributed by atoms with Gasteiger partial charge in [0, 0.05) is 6.54 Å². The summed E-state index contributed by atoms with van der Waals surface area (Å²) in [6.07, 6.45) is 0. The first-order valence-corrected chi connectivity index (χ1v) is 4.61. The van der Waals surface area contributed by atoms with Crippen molar-refractivity contribution in [2.45, 2.75) is 19.4 Å². The lowest BCUT2D eigenvalue weighted by molar-refractivity contribution is 0.114. The van der Waals surface area contributed by atoms with Crippen LogP contribution in [0, 0.1) is 0 Å². The lowest BCUT2D eigenvalue weighted by Gasteiger charge is -2.25. The van der Waals surface area contributed by atoms with Crippen molar-refractivity contribution in [1.29, 1.82) is 0 Å². The predicted octanol–water partition coefficient (Wildman–Crippen LogP) is 1.81. The molecule has 0 unspecified atom stereocenters. The van der Waals surface area contributed by atoms with Gasteiger partial charge < -0.3 is 15.2 Å². The summed E-state index contributed by atoms with van der Waals surface area (Å²) in [4.78, 5) is 0. The summed E-state index contributed by atoms with van der Waals surface area (Å²) >= 11 is 0. The summed E-state index contributed by atoms with van der Waals surface area (Å²) in [5, 5.41) is 0. The Morgan fingerprint density at radius 2 is 1.79 bits per heavy atom. The monoisotopic (exact) mass is 195 g/mol. The second-order valence-electron chi connectivity index (χ2n) is 3.72. The van der Waals surface area contributed by atoms with E-state index in [1.165, 1.54) is 0 Å². The number of rotatable bonds is 4. The molecular weight excluding hydrogens is 178 g/mol. The molecule has 3 heteroatoms. The SMILES string of the molecule is COc1ccccc1OC(C)(C)CN. The van der Waals surface area contributed by atoms with E-state index < -0.39 is 0 Å². The largest absolute Gasteiger partial charge is 0.493 e. The maximum Gasteiger partial charge on any atom is 0.162 e. The average molecular weight is 195 g/mol. The molecule has 14 heavy (non-hydrogen) atoms. The molecule has 1 rings (SSSR count). The van der Waals surface area contributed by atoms with Gasteiger partial charge in [0.05, 0.1) is 7.11 Å². The van der Waals surface area contributed by atoms with E-state index in [2.05, 4.69) is 0 Å². The fraction of sp³-hybridized carbons (Fsp3) is 0.455. The Kier molecular flexibility index (Phi) is 3.36. The van der Waals surface area contributed by atoms with Crippen LogP contribution >= 0.6 is 0 Å². The van der Waals surface area contributed by atoms with Crippen LogP contribution in [-0.4, -0.2) is 19.3 Å². The molecule has 0 heterocycles. The van der Waals surface area contributed by atoms with Gasteiger partial charge in [0.15, 0.2) is 11.5 Å². The van der Waals surface area contributed by atoms with Gasteiger partial charge in [-0.2, -0.15) is 0 Å². The van der Waals surface area contributed by atoms with E-state index in [0.717, 1.165) is 11.5 Å². The molecule has 0 saturated carbocycles. The Bertz CT molecular complexity index is 297. The Labute approximate surface area is 84.8 Å². The van der Waals surface area contributed by atoms with Crippen LogP contribution in [0.15, 0.2) is 24.3 Å². The second kappa shape index (κ2) is 4.33. The van der Waals surface area contributed by atoms with Gasteiger partial charge in [-0.15, -0.1) is 0 Å². The van der Waals surface area contributed by atoms with Crippen molar-refractivity contribution in [2.75, 3.05) is 13.7 Å². The highest BCUT2D eigenvalue weighted by molar-refractivity contribution is 5.39. The molecule has 0 aliphatic carbocycles. The van der Waals surface area contributed by atoms with E-state index in [0.29, 0.717) is 6.54 Å². The van der Waals surface area contributed by atoms with Crippen molar-refractivity contribution in [3.05, 3.63) is 24.3 Å². The first kappa shape index (κ1) is 10.9. The van der Waals surface area contributed by atoms with Crippen LogP contribution in [0.3, 0.4) is 0 Å². The molecule has 0 spiro atoms. The maximum atomic E-state index is 5.72. The number of nitrogens with two attached hydrogens (primary N) is 1. The minimum absolute atomic E-state index is 0.366. The first-order valence-electron chi connectivity index (χ1n) is 4.61. The maximum absolute atomic E-state index is 5.72. The number of methoxy groups -OCH3 is 1. The van der Waals surface area contributed by atoms with Crippen molar-refractivity contribution in [3.8, 4) is 11.5 Å². The lowest BCUT2D eigenvalue weighted by Crippen LogP contribution is -2.37. The summed E-state index contributed by atoms with van der Waals surface area (Å²) in [6.45, 7) is 4.35. The second-order valence-corrected chi connectivity index (χ2v) is 3.72. The van der Waals surface area contributed by atoms with Gasteiger partial charge in [-0.25, -0.2) is 0 Å². The summed E-state index contributed by atoms with van der Waals surface area (Å²) in [7, 11) is 1.62. The van der Waals surface area contributed by atoms with E-state index in [-0.39, 0.29) is 5.60 Å². The van der Waals surface area contributed by atoms with Crippen LogP contribution in [0.2, 0.25) is 0 Å². The molecule has 0 radical (unpaired) electrons. The van der Waals surface area contributed by atoms with E-state index in [1.807, 2.05) is 38.1 Å². The average Bonchev–Trinajstić information content (AvgIpc) is 2.18. The Morgan fingerprint density at radius 3 is 2.29 bits per heavy atom. The number of benzene rings is 1. The Balaban J connectivity index is 2.85. The molecule has 1 aromatic carbocycles. The zero-order valence-corrected chi connectivity index (χ0v) is 8.91.